The van der Waals surface area contributed by atoms with Crippen LogP contribution in [0.25, 0.3) is 0 Å². The molecule has 0 saturated carbocycles. The van der Waals surface area contributed by atoms with Crippen LogP contribution in [0.3, 0.4) is 0 Å². The summed E-state index contributed by atoms with van der Waals surface area (Å²) in [6, 6.07) is 3.64. The van der Waals surface area contributed by atoms with E-state index in [1.807, 2.05) is 0 Å². The number of halogens is 5. The third kappa shape index (κ3) is 4.62. The molecule has 25 heavy (non-hydrogen) atoms. The second-order valence-corrected chi connectivity index (χ2v) is 7.14. The molecule has 1 aromatic carbocycles. The molecule has 2 aromatic rings. The molecule has 1 aliphatic heterocycles. The van der Waals surface area contributed by atoms with Crippen molar-refractivity contribution in [3.63, 3.8) is 0 Å². The van der Waals surface area contributed by atoms with Gasteiger partial charge in [0.15, 0.2) is 0 Å². The van der Waals surface area contributed by atoms with E-state index in [0.717, 1.165) is 36.1 Å². The van der Waals surface area contributed by atoms with Gasteiger partial charge in [0.25, 0.3) is 0 Å². The summed E-state index contributed by atoms with van der Waals surface area (Å²) in [5.41, 5.74) is -0.0892. The summed E-state index contributed by atoms with van der Waals surface area (Å²) in [5, 5.41) is 3.45. The van der Waals surface area contributed by atoms with Crippen molar-refractivity contribution in [2.24, 2.45) is 0 Å². The van der Waals surface area contributed by atoms with E-state index in [9.17, 15) is 13.2 Å². The SMILES string of the molecule is FC(F)(F)c1ccc(CNC2CCN(c3ncc(Br)cn3)C2)c(Cl)c1. The van der Waals surface area contributed by atoms with E-state index in [2.05, 4.69) is 36.1 Å². The molecule has 1 fully saturated rings. The van der Waals surface area contributed by atoms with Gasteiger partial charge in [-0.3, -0.25) is 0 Å². The van der Waals surface area contributed by atoms with Crippen molar-refractivity contribution >= 4 is 33.5 Å². The molecule has 4 nitrogen and oxygen atoms in total. The number of nitrogens with zero attached hydrogens (tertiary/aromatic N) is 3. The first-order valence-corrected chi connectivity index (χ1v) is 8.81. The fourth-order valence-electron chi connectivity index (χ4n) is 2.70. The lowest BCUT2D eigenvalue weighted by atomic mass is 10.1. The number of rotatable bonds is 4. The summed E-state index contributed by atoms with van der Waals surface area (Å²) >= 11 is 9.29. The Balaban J connectivity index is 1.57. The number of hydrogen-bond acceptors (Lipinski definition) is 4. The number of aromatic nitrogens is 2. The molecule has 134 valence electrons. The number of nitrogens with one attached hydrogen (secondary N) is 1. The van der Waals surface area contributed by atoms with E-state index >= 15 is 0 Å². The third-order valence-corrected chi connectivity index (χ3v) is 4.80. The van der Waals surface area contributed by atoms with Gasteiger partial charge in [-0.1, -0.05) is 17.7 Å². The molecular weight excluding hydrogens is 421 g/mol. The van der Waals surface area contributed by atoms with Crippen molar-refractivity contribution in [1.29, 1.82) is 0 Å². The summed E-state index contributed by atoms with van der Waals surface area (Å²) in [5.74, 6) is 0.667. The molecule has 0 radical (unpaired) electrons. The van der Waals surface area contributed by atoms with Gasteiger partial charge in [0.2, 0.25) is 5.95 Å². The normalized spacial score (nSPS) is 18.0. The van der Waals surface area contributed by atoms with Crippen molar-refractivity contribution in [3.05, 3.63) is 51.2 Å². The Kier molecular flexibility index (Phi) is 5.50. The maximum Gasteiger partial charge on any atom is 0.416 e. The summed E-state index contributed by atoms with van der Waals surface area (Å²) in [7, 11) is 0. The van der Waals surface area contributed by atoms with Gasteiger partial charge in [-0.25, -0.2) is 9.97 Å². The van der Waals surface area contributed by atoms with Crippen molar-refractivity contribution < 1.29 is 13.2 Å². The van der Waals surface area contributed by atoms with Gasteiger partial charge < -0.3 is 10.2 Å². The molecule has 1 unspecified atom stereocenters. The second kappa shape index (κ2) is 7.47. The smallest absolute Gasteiger partial charge is 0.339 e. The van der Waals surface area contributed by atoms with Gasteiger partial charge >= 0.3 is 6.18 Å². The highest BCUT2D eigenvalue weighted by atomic mass is 79.9. The standard InChI is InChI=1S/C16H15BrClF3N4/c17-12-7-23-15(24-8-12)25-4-3-13(9-25)22-6-10-1-2-11(5-14(10)18)16(19,20)21/h1-2,5,7-8,13,22H,3-4,6,9H2. The van der Waals surface area contributed by atoms with Crippen LogP contribution in [-0.4, -0.2) is 29.1 Å². The molecule has 0 amide bonds. The lowest BCUT2D eigenvalue weighted by Gasteiger charge is -2.17. The van der Waals surface area contributed by atoms with Crippen LogP contribution in [0, 0.1) is 0 Å². The number of alkyl halides is 3. The quantitative estimate of drug-likeness (QED) is 0.778. The number of anilines is 1. The van der Waals surface area contributed by atoms with Crippen LogP contribution in [0.2, 0.25) is 5.02 Å². The number of hydrogen-bond donors (Lipinski definition) is 1. The van der Waals surface area contributed by atoms with Crippen molar-refractivity contribution in [2.45, 2.75) is 25.2 Å². The Morgan fingerprint density at radius 3 is 2.64 bits per heavy atom. The lowest BCUT2D eigenvalue weighted by molar-refractivity contribution is -0.137. The van der Waals surface area contributed by atoms with Crippen LogP contribution in [0.5, 0.6) is 0 Å². The van der Waals surface area contributed by atoms with Gasteiger partial charge in [0.1, 0.15) is 0 Å². The molecular formula is C16H15BrClF3N4. The highest BCUT2D eigenvalue weighted by molar-refractivity contribution is 9.10. The van der Waals surface area contributed by atoms with Crippen LogP contribution in [0.4, 0.5) is 19.1 Å². The fraction of sp³-hybridized carbons (Fsp3) is 0.375. The Labute approximate surface area is 156 Å². The molecule has 1 atom stereocenters. The van der Waals surface area contributed by atoms with Crippen LogP contribution in [-0.2, 0) is 12.7 Å². The van der Waals surface area contributed by atoms with Crippen LogP contribution in [0.1, 0.15) is 17.5 Å². The van der Waals surface area contributed by atoms with Gasteiger partial charge in [-0.15, -0.1) is 0 Å². The minimum Gasteiger partial charge on any atom is -0.339 e. The molecule has 1 aliphatic rings. The van der Waals surface area contributed by atoms with E-state index in [1.165, 1.54) is 6.07 Å². The Morgan fingerprint density at radius 1 is 1.28 bits per heavy atom. The van der Waals surface area contributed by atoms with Crippen molar-refractivity contribution in [2.75, 3.05) is 18.0 Å². The first-order valence-electron chi connectivity index (χ1n) is 7.64. The summed E-state index contributed by atoms with van der Waals surface area (Å²) in [6.45, 7) is 1.97. The van der Waals surface area contributed by atoms with Crippen molar-refractivity contribution in [1.82, 2.24) is 15.3 Å². The first kappa shape index (κ1) is 18.4. The van der Waals surface area contributed by atoms with Gasteiger partial charge in [0, 0.05) is 43.1 Å². The first-order chi connectivity index (χ1) is 11.8. The van der Waals surface area contributed by atoms with Gasteiger partial charge in [-0.05, 0) is 40.0 Å². The minimum atomic E-state index is -4.38. The Bertz CT molecular complexity index is 739. The van der Waals surface area contributed by atoms with E-state index in [1.54, 1.807) is 12.4 Å². The topological polar surface area (TPSA) is 41.0 Å². The summed E-state index contributed by atoms with van der Waals surface area (Å²) in [4.78, 5) is 10.6. The van der Waals surface area contributed by atoms with Crippen LogP contribution in [0.15, 0.2) is 35.1 Å². The summed E-state index contributed by atoms with van der Waals surface area (Å²) < 4.78 is 38.8. The zero-order valence-electron chi connectivity index (χ0n) is 13.0. The summed E-state index contributed by atoms with van der Waals surface area (Å²) in [6.07, 6.45) is -0.0833. The molecule has 2 heterocycles. The van der Waals surface area contributed by atoms with Gasteiger partial charge in [-0.2, -0.15) is 13.2 Å². The predicted octanol–water partition coefficient (Wildman–Crippen LogP) is 4.28. The zero-order chi connectivity index (χ0) is 18.0. The largest absolute Gasteiger partial charge is 0.416 e. The lowest BCUT2D eigenvalue weighted by Crippen LogP contribution is -2.32. The zero-order valence-corrected chi connectivity index (χ0v) is 15.4. The predicted molar refractivity (Wildman–Crippen MR) is 93.6 cm³/mol. The molecule has 0 bridgehead atoms. The highest BCUT2D eigenvalue weighted by Gasteiger charge is 2.31. The Hall–Kier alpha value is -1.38. The van der Waals surface area contributed by atoms with Crippen LogP contribution < -0.4 is 10.2 Å². The van der Waals surface area contributed by atoms with E-state index in [4.69, 9.17) is 11.6 Å². The molecule has 0 spiro atoms. The monoisotopic (exact) mass is 434 g/mol. The van der Waals surface area contributed by atoms with E-state index < -0.39 is 11.7 Å². The second-order valence-electron chi connectivity index (χ2n) is 5.82. The average molecular weight is 436 g/mol. The van der Waals surface area contributed by atoms with Crippen LogP contribution >= 0.6 is 27.5 Å². The molecule has 1 aromatic heterocycles. The number of benzene rings is 1. The average Bonchev–Trinajstić information content (AvgIpc) is 3.02. The highest BCUT2D eigenvalue weighted by Crippen LogP contribution is 2.32. The van der Waals surface area contributed by atoms with E-state index in [-0.39, 0.29) is 11.1 Å². The fourth-order valence-corrected chi connectivity index (χ4v) is 3.15. The maximum absolute atomic E-state index is 12.7. The minimum absolute atomic E-state index is 0.119. The third-order valence-electron chi connectivity index (χ3n) is 4.04. The molecule has 1 N–H and O–H groups in total. The molecule has 3 rings (SSSR count). The maximum atomic E-state index is 12.7. The van der Waals surface area contributed by atoms with Gasteiger partial charge in [0.05, 0.1) is 10.0 Å². The molecule has 0 aliphatic carbocycles. The molecule has 9 heteroatoms. The molecule has 1 saturated heterocycles. The van der Waals surface area contributed by atoms with E-state index in [0.29, 0.717) is 18.1 Å². The Morgan fingerprint density at radius 2 is 2.00 bits per heavy atom. The van der Waals surface area contributed by atoms with Crippen molar-refractivity contribution in [3.8, 4) is 0 Å².